The standard InChI is InChI=1S/C15H12N2O2/c1-15(2)11-6-10(3-4-12(11)17-14(15)18)13-5-9(7-16)8-19-13/h3-6,8H,1-2H3,(H,17,18). The van der Waals surface area contributed by atoms with Crippen LogP contribution >= 0.6 is 0 Å². The summed E-state index contributed by atoms with van der Waals surface area (Å²) in [4.78, 5) is 11.9. The zero-order valence-electron chi connectivity index (χ0n) is 10.7. The molecule has 19 heavy (non-hydrogen) atoms. The van der Waals surface area contributed by atoms with Crippen LogP contribution in [0.2, 0.25) is 0 Å². The van der Waals surface area contributed by atoms with E-state index in [4.69, 9.17) is 9.68 Å². The SMILES string of the molecule is CC1(C)C(=O)Nc2ccc(-c3cc(C#N)co3)cc21. The second kappa shape index (κ2) is 3.72. The Labute approximate surface area is 110 Å². The van der Waals surface area contributed by atoms with Gasteiger partial charge in [0.2, 0.25) is 5.91 Å². The van der Waals surface area contributed by atoms with Gasteiger partial charge in [-0.15, -0.1) is 0 Å². The molecule has 1 aromatic carbocycles. The molecular weight excluding hydrogens is 240 g/mol. The smallest absolute Gasteiger partial charge is 0.234 e. The molecule has 1 aliphatic rings. The Balaban J connectivity index is 2.11. The number of nitriles is 1. The van der Waals surface area contributed by atoms with E-state index < -0.39 is 5.41 Å². The minimum atomic E-state index is -0.546. The fourth-order valence-electron chi connectivity index (χ4n) is 2.27. The predicted octanol–water partition coefficient (Wildman–Crippen LogP) is 3.05. The number of nitrogens with zero attached hydrogens (tertiary/aromatic N) is 1. The minimum Gasteiger partial charge on any atom is -0.463 e. The van der Waals surface area contributed by atoms with E-state index in [2.05, 4.69) is 5.32 Å². The highest BCUT2D eigenvalue weighted by atomic mass is 16.3. The van der Waals surface area contributed by atoms with E-state index >= 15 is 0 Å². The molecular formula is C15H12N2O2. The lowest BCUT2D eigenvalue weighted by atomic mass is 9.85. The summed E-state index contributed by atoms with van der Waals surface area (Å²) in [5, 5.41) is 11.7. The van der Waals surface area contributed by atoms with Gasteiger partial charge in [0.25, 0.3) is 0 Å². The number of benzene rings is 1. The molecule has 0 saturated carbocycles. The van der Waals surface area contributed by atoms with Crippen LogP contribution in [0.25, 0.3) is 11.3 Å². The van der Waals surface area contributed by atoms with Crippen LogP contribution < -0.4 is 5.32 Å². The number of nitrogens with one attached hydrogen (secondary N) is 1. The van der Waals surface area contributed by atoms with Crippen molar-refractivity contribution in [2.45, 2.75) is 19.3 Å². The third-order valence-corrected chi connectivity index (χ3v) is 3.52. The molecule has 0 atom stereocenters. The van der Waals surface area contributed by atoms with Gasteiger partial charge in [-0.1, -0.05) is 0 Å². The van der Waals surface area contributed by atoms with Crippen molar-refractivity contribution in [1.82, 2.24) is 0 Å². The molecule has 0 spiro atoms. The van der Waals surface area contributed by atoms with Crippen molar-refractivity contribution < 1.29 is 9.21 Å². The average molecular weight is 252 g/mol. The summed E-state index contributed by atoms with van der Waals surface area (Å²) in [6.45, 7) is 3.78. The van der Waals surface area contributed by atoms with Crippen molar-refractivity contribution in [1.29, 1.82) is 5.26 Å². The average Bonchev–Trinajstić information content (AvgIpc) is 2.94. The van der Waals surface area contributed by atoms with Gasteiger partial charge in [-0.3, -0.25) is 4.79 Å². The first-order valence-electron chi connectivity index (χ1n) is 5.97. The quantitative estimate of drug-likeness (QED) is 0.848. The second-order valence-electron chi connectivity index (χ2n) is 5.15. The Bertz CT molecular complexity index is 720. The van der Waals surface area contributed by atoms with Gasteiger partial charge in [-0.25, -0.2) is 0 Å². The van der Waals surface area contributed by atoms with Crippen LogP contribution in [-0.4, -0.2) is 5.91 Å². The lowest BCUT2D eigenvalue weighted by molar-refractivity contribution is -0.119. The van der Waals surface area contributed by atoms with Crippen molar-refractivity contribution in [3.8, 4) is 17.4 Å². The summed E-state index contributed by atoms with van der Waals surface area (Å²) in [5.41, 5.74) is 2.60. The normalized spacial score (nSPS) is 15.7. The number of carbonyl (C=O) groups excluding carboxylic acids is 1. The maximum absolute atomic E-state index is 11.9. The molecule has 1 aromatic heterocycles. The summed E-state index contributed by atoms with van der Waals surface area (Å²) in [6.07, 6.45) is 1.43. The number of hydrogen-bond acceptors (Lipinski definition) is 3. The van der Waals surface area contributed by atoms with Gasteiger partial charge < -0.3 is 9.73 Å². The van der Waals surface area contributed by atoms with Crippen LogP contribution in [0, 0.1) is 11.3 Å². The second-order valence-corrected chi connectivity index (χ2v) is 5.15. The number of carbonyl (C=O) groups is 1. The van der Waals surface area contributed by atoms with E-state index in [0.29, 0.717) is 11.3 Å². The van der Waals surface area contributed by atoms with E-state index in [0.717, 1.165) is 16.8 Å². The van der Waals surface area contributed by atoms with Gasteiger partial charge in [-0.2, -0.15) is 5.26 Å². The van der Waals surface area contributed by atoms with E-state index in [1.807, 2.05) is 38.1 Å². The lowest BCUT2D eigenvalue weighted by Gasteiger charge is -2.15. The highest BCUT2D eigenvalue weighted by Crippen LogP contribution is 2.39. The Morgan fingerprint density at radius 3 is 2.79 bits per heavy atom. The summed E-state index contributed by atoms with van der Waals surface area (Å²) >= 11 is 0. The molecule has 1 N–H and O–H groups in total. The van der Waals surface area contributed by atoms with E-state index in [9.17, 15) is 4.79 Å². The number of hydrogen-bond donors (Lipinski definition) is 1. The number of rotatable bonds is 1. The maximum Gasteiger partial charge on any atom is 0.234 e. The first-order valence-corrected chi connectivity index (χ1v) is 5.97. The molecule has 0 saturated heterocycles. The van der Waals surface area contributed by atoms with Gasteiger partial charge in [0.15, 0.2) is 0 Å². The zero-order chi connectivity index (χ0) is 13.6. The van der Waals surface area contributed by atoms with Crippen LogP contribution in [0.3, 0.4) is 0 Å². The molecule has 0 aliphatic carbocycles. The number of furan rings is 1. The van der Waals surface area contributed by atoms with Crippen molar-refractivity contribution in [2.75, 3.05) is 5.32 Å². The first-order chi connectivity index (χ1) is 9.02. The van der Waals surface area contributed by atoms with Gasteiger partial charge >= 0.3 is 0 Å². The summed E-state index contributed by atoms with van der Waals surface area (Å²) in [6, 6.07) is 9.41. The highest BCUT2D eigenvalue weighted by molar-refractivity contribution is 6.06. The van der Waals surface area contributed by atoms with Crippen LogP contribution in [0.4, 0.5) is 5.69 Å². The van der Waals surface area contributed by atoms with Gasteiger partial charge in [0, 0.05) is 17.3 Å². The van der Waals surface area contributed by atoms with Gasteiger partial charge in [-0.05, 0) is 37.6 Å². The molecule has 4 nitrogen and oxygen atoms in total. The van der Waals surface area contributed by atoms with Gasteiger partial charge in [0.05, 0.1) is 11.0 Å². The predicted molar refractivity (Wildman–Crippen MR) is 70.5 cm³/mol. The van der Waals surface area contributed by atoms with Crippen molar-refractivity contribution in [3.63, 3.8) is 0 Å². The molecule has 3 rings (SSSR count). The molecule has 0 fully saturated rings. The molecule has 0 radical (unpaired) electrons. The molecule has 0 bridgehead atoms. The Hall–Kier alpha value is -2.54. The fraction of sp³-hybridized carbons (Fsp3) is 0.200. The van der Waals surface area contributed by atoms with E-state index in [1.54, 1.807) is 6.07 Å². The minimum absolute atomic E-state index is 0.00295. The molecule has 2 heterocycles. The zero-order valence-corrected chi connectivity index (χ0v) is 10.7. The maximum atomic E-state index is 11.9. The Kier molecular flexibility index (Phi) is 2.26. The first kappa shape index (κ1) is 11.5. The monoisotopic (exact) mass is 252 g/mol. The highest BCUT2D eigenvalue weighted by Gasteiger charge is 2.38. The Morgan fingerprint density at radius 2 is 2.11 bits per heavy atom. The number of fused-ring (bicyclic) bond motifs is 1. The molecule has 4 heteroatoms. The van der Waals surface area contributed by atoms with Crippen LogP contribution in [0.15, 0.2) is 34.9 Å². The van der Waals surface area contributed by atoms with Crippen molar-refractivity contribution in [2.24, 2.45) is 0 Å². The van der Waals surface area contributed by atoms with Crippen LogP contribution in [0.5, 0.6) is 0 Å². The van der Waals surface area contributed by atoms with Crippen LogP contribution in [0.1, 0.15) is 25.0 Å². The fourth-order valence-corrected chi connectivity index (χ4v) is 2.27. The van der Waals surface area contributed by atoms with Crippen LogP contribution in [-0.2, 0) is 10.2 Å². The summed E-state index contributed by atoms with van der Waals surface area (Å²) in [7, 11) is 0. The van der Waals surface area contributed by atoms with Crippen molar-refractivity contribution >= 4 is 11.6 Å². The third-order valence-electron chi connectivity index (χ3n) is 3.52. The summed E-state index contributed by atoms with van der Waals surface area (Å²) in [5.74, 6) is 0.631. The molecule has 1 amide bonds. The lowest BCUT2D eigenvalue weighted by Crippen LogP contribution is -2.26. The van der Waals surface area contributed by atoms with Gasteiger partial charge in [0.1, 0.15) is 18.1 Å². The molecule has 94 valence electrons. The summed E-state index contributed by atoms with van der Waals surface area (Å²) < 4.78 is 5.37. The molecule has 0 unspecified atom stereocenters. The topological polar surface area (TPSA) is 66.0 Å². The number of anilines is 1. The Morgan fingerprint density at radius 1 is 1.32 bits per heavy atom. The molecule has 2 aromatic rings. The largest absolute Gasteiger partial charge is 0.463 e. The number of amides is 1. The molecule has 1 aliphatic heterocycles. The van der Waals surface area contributed by atoms with E-state index in [-0.39, 0.29) is 5.91 Å². The van der Waals surface area contributed by atoms with Crippen molar-refractivity contribution in [3.05, 3.63) is 41.7 Å². The third kappa shape index (κ3) is 1.63. The van der Waals surface area contributed by atoms with E-state index in [1.165, 1.54) is 6.26 Å².